The third kappa shape index (κ3) is 3.50. The van der Waals surface area contributed by atoms with Crippen molar-refractivity contribution in [2.24, 2.45) is 0 Å². The lowest BCUT2D eigenvalue weighted by Gasteiger charge is -2.23. The van der Waals surface area contributed by atoms with E-state index < -0.39 is 0 Å². The van der Waals surface area contributed by atoms with Gasteiger partial charge in [0.1, 0.15) is 0 Å². The van der Waals surface area contributed by atoms with Crippen LogP contribution >= 0.6 is 0 Å². The van der Waals surface area contributed by atoms with Crippen LogP contribution in [-0.2, 0) is 0 Å². The fourth-order valence-corrected chi connectivity index (χ4v) is 2.67. The smallest absolute Gasteiger partial charge is 0.0992 e. The van der Waals surface area contributed by atoms with Crippen LogP contribution < -0.4 is 5.32 Å². The third-order valence-corrected chi connectivity index (χ3v) is 3.83. The molecule has 0 spiro atoms. The Labute approximate surface area is 110 Å². The van der Waals surface area contributed by atoms with Crippen LogP contribution in [0.5, 0.6) is 0 Å². The molecule has 0 radical (unpaired) electrons. The van der Waals surface area contributed by atoms with E-state index in [1.807, 2.05) is 18.2 Å². The summed E-state index contributed by atoms with van der Waals surface area (Å²) < 4.78 is 0. The van der Waals surface area contributed by atoms with E-state index in [0.717, 1.165) is 11.3 Å². The molecule has 0 heterocycles. The molecule has 0 amide bonds. The molecule has 1 aliphatic carbocycles. The third-order valence-electron chi connectivity index (χ3n) is 3.83. The maximum absolute atomic E-state index is 8.96. The van der Waals surface area contributed by atoms with E-state index in [1.54, 1.807) is 0 Å². The minimum absolute atomic E-state index is 0.581. The predicted molar refractivity (Wildman–Crippen MR) is 75.6 cm³/mol. The van der Waals surface area contributed by atoms with Gasteiger partial charge in [-0.3, -0.25) is 0 Å². The van der Waals surface area contributed by atoms with Crippen molar-refractivity contribution in [2.45, 2.75) is 57.9 Å². The highest BCUT2D eigenvalue weighted by atomic mass is 14.9. The maximum atomic E-state index is 8.96. The topological polar surface area (TPSA) is 35.8 Å². The Morgan fingerprint density at radius 3 is 2.44 bits per heavy atom. The van der Waals surface area contributed by atoms with Gasteiger partial charge in [0.25, 0.3) is 0 Å². The van der Waals surface area contributed by atoms with Gasteiger partial charge in [-0.25, -0.2) is 0 Å². The summed E-state index contributed by atoms with van der Waals surface area (Å²) in [4.78, 5) is 0. The fraction of sp³-hybridized carbons (Fsp3) is 0.562. The first-order valence-electron chi connectivity index (χ1n) is 7.07. The lowest BCUT2D eigenvalue weighted by Crippen LogP contribution is -2.21. The predicted octanol–water partition coefficient (Wildman–Crippen LogP) is 4.39. The van der Waals surface area contributed by atoms with Gasteiger partial charge < -0.3 is 5.32 Å². The molecule has 2 heteroatoms. The van der Waals surface area contributed by atoms with Crippen molar-refractivity contribution in [1.82, 2.24) is 0 Å². The van der Waals surface area contributed by atoms with E-state index in [0.29, 0.717) is 6.04 Å². The lowest BCUT2D eigenvalue weighted by atomic mass is 9.96. The summed E-state index contributed by atoms with van der Waals surface area (Å²) in [7, 11) is 0. The van der Waals surface area contributed by atoms with Crippen molar-refractivity contribution in [1.29, 1.82) is 5.26 Å². The molecule has 1 N–H and O–H groups in total. The van der Waals surface area contributed by atoms with Gasteiger partial charge in [0.15, 0.2) is 0 Å². The van der Waals surface area contributed by atoms with E-state index in [2.05, 4.69) is 18.3 Å². The van der Waals surface area contributed by atoms with Gasteiger partial charge in [0.2, 0.25) is 0 Å². The summed E-state index contributed by atoms with van der Waals surface area (Å²) in [5.74, 6) is 0. The molecule has 18 heavy (non-hydrogen) atoms. The first-order valence-corrected chi connectivity index (χ1v) is 7.07. The highest BCUT2D eigenvalue weighted by molar-refractivity contribution is 5.55. The van der Waals surface area contributed by atoms with E-state index in [1.165, 1.54) is 50.5 Å². The zero-order valence-electron chi connectivity index (χ0n) is 11.2. The Morgan fingerprint density at radius 1 is 1.11 bits per heavy atom. The SMILES string of the molecule is Cc1ccc(C#N)cc1NC1CCCCCCC1. The van der Waals surface area contributed by atoms with Gasteiger partial charge in [-0.2, -0.15) is 5.26 Å². The molecule has 0 atom stereocenters. The fourth-order valence-electron chi connectivity index (χ4n) is 2.67. The summed E-state index contributed by atoms with van der Waals surface area (Å²) in [6.07, 6.45) is 9.32. The van der Waals surface area contributed by atoms with Gasteiger partial charge >= 0.3 is 0 Å². The number of nitriles is 1. The molecule has 0 saturated heterocycles. The molecule has 0 aromatic heterocycles. The molecule has 1 aromatic rings. The number of rotatable bonds is 2. The molecule has 1 aliphatic rings. The number of nitrogens with one attached hydrogen (secondary N) is 1. The first-order chi connectivity index (χ1) is 8.79. The molecule has 2 nitrogen and oxygen atoms in total. The van der Waals surface area contributed by atoms with E-state index >= 15 is 0 Å². The quantitative estimate of drug-likeness (QED) is 0.834. The number of nitrogens with zero attached hydrogens (tertiary/aromatic N) is 1. The van der Waals surface area contributed by atoms with E-state index in [-0.39, 0.29) is 0 Å². The Morgan fingerprint density at radius 2 is 1.78 bits per heavy atom. The van der Waals surface area contributed by atoms with Crippen molar-refractivity contribution in [3.05, 3.63) is 29.3 Å². The number of aryl methyl sites for hydroxylation is 1. The van der Waals surface area contributed by atoms with Gasteiger partial charge in [0.05, 0.1) is 11.6 Å². The zero-order valence-corrected chi connectivity index (χ0v) is 11.2. The molecular weight excluding hydrogens is 220 g/mol. The van der Waals surface area contributed by atoms with Crippen molar-refractivity contribution in [2.75, 3.05) is 5.32 Å². The zero-order chi connectivity index (χ0) is 12.8. The van der Waals surface area contributed by atoms with Crippen LogP contribution in [0.3, 0.4) is 0 Å². The minimum atomic E-state index is 0.581. The summed E-state index contributed by atoms with van der Waals surface area (Å²) in [6.45, 7) is 2.10. The minimum Gasteiger partial charge on any atom is -0.382 e. The van der Waals surface area contributed by atoms with Crippen LogP contribution in [0.15, 0.2) is 18.2 Å². The van der Waals surface area contributed by atoms with Crippen LogP contribution in [0.4, 0.5) is 5.69 Å². The molecule has 1 saturated carbocycles. The number of benzene rings is 1. The number of hydrogen-bond acceptors (Lipinski definition) is 2. The van der Waals surface area contributed by atoms with E-state index in [4.69, 9.17) is 5.26 Å². The average molecular weight is 242 g/mol. The highest BCUT2D eigenvalue weighted by Gasteiger charge is 2.12. The summed E-state index contributed by atoms with van der Waals surface area (Å²) in [6, 6.07) is 8.69. The summed E-state index contributed by atoms with van der Waals surface area (Å²) >= 11 is 0. The van der Waals surface area contributed by atoms with Crippen LogP contribution in [0.2, 0.25) is 0 Å². The van der Waals surface area contributed by atoms with Gasteiger partial charge in [0, 0.05) is 11.7 Å². The van der Waals surface area contributed by atoms with Crippen LogP contribution in [-0.4, -0.2) is 6.04 Å². The molecule has 96 valence electrons. The summed E-state index contributed by atoms with van der Waals surface area (Å²) in [5.41, 5.74) is 3.12. The molecule has 1 fully saturated rings. The second-order valence-corrected chi connectivity index (χ2v) is 5.33. The Kier molecular flexibility index (Phi) is 4.64. The van der Waals surface area contributed by atoms with Crippen molar-refractivity contribution in [3.8, 4) is 6.07 Å². The van der Waals surface area contributed by atoms with Crippen molar-refractivity contribution >= 4 is 5.69 Å². The van der Waals surface area contributed by atoms with Crippen molar-refractivity contribution in [3.63, 3.8) is 0 Å². The standard InChI is InChI=1S/C16H22N2/c1-13-9-10-14(12-17)11-16(13)18-15-7-5-3-2-4-6-8-15/h9-11,15,18H,2-8H2,1H3. The second kappa shape index (κ2) is 6.44. The van der Waals surface area contributed by atoms with Crippen LogP contribution in [0.1, 0.15) is 56.1 Å². The van der Waals surface area contributed by atoms with E-state index in [9.17, 15) is 0 Å². The maximum Gasteiger partial charge on any atom is 0.0992 e. The second-order valence-electron chi connectivity index (χ2n) is 5.33. The van der Waals surface area contributed by atoms with Gasteiger partial charge in [-0.1, -0.05) is 38.2 Å². The largest absolute Gasteiger partial charge is 0.382 e. The Hall–Kier alpha value is -1.49. The molecule has 2 rings (SSSR count). The van der Waals surface area contributed by atoms with Gasteiger partial charge in [-0.05, 0) is 37.5 Å². The molecule has 0 bridgehead atoms. The lowest BCUT2D eigenvalue weighted by molar-refractivity contribution is 0.471. The number of anilines is 1. The first kappa shape index (κ1) is 13.0. The highest BCUT2D eigenvalue weighted by Crippen LogP contribution is 2.23. The van der Waals surface area contributed by atoms with Crippen molar-refractivity contribution < 1.29 is 0 Å². The molecule has 0 unspecified atom stereocenters. The molecular formula is C16H22N2. The monoisotopic (exact) mass is 242 g/mol. The summed E-state index contributed by atoms with van der Waals surface area (Å²) in [5, 5.41) is 12.6. The average Bonchev–Trinajstić information content (AvgIpc) is 2.35. The Bertz CT molecular complexity index is 423. The van der Waals surface area contributed by atoms with Gasteiger partial charge in [-0.15, -0.1) is 0 Å². The normalized spacial score (nSPS) is 17.6. The van der Waals surface area contributed by atoms with Crippen LogP contribution in [0, 0.1) is 18.3 Å². The number of hydrogen-bond donors (Lipinski definition) is 1. The van der Waals surface area contributed by atoms with Crippen LogP contribution in [0.25, 0.3) is 0 Å². The molecule has 1 aromatic carbocycles. The Balaban J connectivity index is 2.05. The molecule has 0 aliphatic heterocycles.